The summed E-state index contributed by atoms with van der Waals surface area (Å²) >= 11 is 2.80. The molecule has 0 aliphatic rings. The molecule has 2 heteroatoms. The Kier molecular flexibility index (Phi) is 4.27. The van der Waals surface area contributed by atoms with Crippen molar-refractivity contribution in [3.8, 4) is 0 Å². The third-order valence-electron chi connectivity index (χ3n) is 2.46. The fourth-order valence-electron chi connectivity index (χ4n) is 1.31. The first-order valence-electron chi connectivity index (χ1n) is 4.06. The number of hydrogen-bond acceptors (Lipinski definition) is 0. The molecule has 0 spiro atoms. The summed E-state index contributed by atoms with van der Waals surface area (Å²) in [6.45, 7) is 12.0. The Hall–Kier alpha value is 1.27. The van der Waals surface area contributed by atoms with Crippen LogP contribution >= 0.6 is 20.2 Å². The zero-order chi connectivity index (χ0) is 8.41. The van der Waals surface area contributed by atoms with Gasteiger partial charge >= 0.3 is 79.5 Å². The van der Waals surface area contributed by atoms with Crippen molar-refractivity contribution in [2.45, 2.75) is 49.4 Å². The van der Waals surface area contributed by atoms with E-state index in [2.05, 4.69) is 54.8 Å². The van der Waals surface area contributed by atoms with Crippen molar-refractivity contribution >= 4 is 30.2 Å². The van der Waals surface area contributed by atoms with E-state index in [1.54, 1.807) is 0 Å². The first kappa shape index (κ1) is 11.3. The molecule has 0 atom stereocenters. The summed E-state index contributed by atoms with van der Waals surface area (Å²) in [6.07, 6.45) is 0. The average molecular weight is 315 g/mol. The topological polar surface area (TPSA) is 0 Å². The summed E-state index contributed by atoms with van der Waals surface area (Å²) in [5, 5.41) is 2.92. The van der Waals surface area contributed by atoms with Gasteiger partial charge in [-0.05, 0) is 0 Å². The van der Waals surface area contributed by atoms with Crippen molar-refractivity contribution in [3.63, 3.8) is 0 Å². The van der Waals surface area contributed by atoms with Gasteiger partial charge in [-0.3, -0.25) is 0 Å². The summed E-state index contributed by atoms with van der Waals surface area (Å²) in [7, 11) is -1.43. The molecule has 0 fully saturated rings. The molecule has 0 bridgehead atoms. The zero-order valence-corrected chi connectivity index (χ0v) is 12.0. The molecule has 0 aromatic carbocycles. The molecule has 0 saturated heterocycles. The van der Waals surface area contributed by atoms with E-state index in [1.165, 1.54) is 10.5 Å². The fraction of sp³-hybridized carbons (Fsp3) is 1.00. The summed E-state index contributed by atoms with van der Waals surface area (Å²) in [5.41, 5.74) is 0. The predicted molar refractivity (Wildman–Crippen MR) is 60.5 cm³/mol. The monoisotopic (exact) mass is 316 g/mol. The Bertz CT molecular complexity index is 100. The van der Waals surface area contributed by atoms with E-state index < -0.39 is 9.96 Å². The van der Waals surface area contributed by atoms with Crippen molar-refractivity contribution < 1.29 is 0 Å². The normalized spacial score (nSPS) is 13.8. The van der Waals surface area contributed by atoms with Gasteiger partial charge in [0.05, 0.1) is 0 Å². The van der Waals surface area contributed by atoms with Crippen LogP contribution in [0.1, 0.15) is 34.6 Å². The zero-order valence-electron chi connectivity index (χ0n) is 7.79. The van der Waals surface area contributed by atoms with Gasteiger partial charge in [-0.15, -0.1) is 0 Å². The molecule has 0 nitrogen and oxygen atoms in total. The second-order valence-electron chi connectivity index (χ2n) is 3.92. The van der Waals surface area contributed by atoms with Crippen LogP contribution in [0.25, 0.3) is 0 Å². The Morgan fingerprint density at radius 2 is 1.40 bits per heavy atom. The van der Waals surface area contributed by atoms with Gasteiger partial charge in [0.25, 0.3) is 0 Å². The number of rotatable bonds is 2. The van der Waals surface area contributed by atoms with E-state index in [9.17, 15) is 0 Å². The quantitative estimate of drug-likeness (QED) is 0.529. The maximum atomic E-state index is 2.80. The SMILES string of the molecule is C[CH2][Ge]([I])([CH2]C)[C](C)(C)C. The van der Waals surface area contributed by atoms with Crippen molar-refractivity contribution in [1.29, 1.82) is 0 Å². The standard InChI is InChI=1S/C8H19GeI/c1-6-9(10,7-2)8(3,4)5/h6-7H2,1-5H3. The number of hydrogen-bond donors (Lipinski definition) is 0. The second-order valence-corrected chi connectivity index (χ2v) is 24.8. The summed E-state index contributed by atoms with van der Waals surface area (Å²) in [5.74, 6) is 0. The van der Waals surface area contributed by atoms with Gasteiger partial charge < -0.3 is 0 Å². The molecule has 0 amide bonds. The van der Waals surface area contributed by atoms with E-state index in [4.69, 9.17) is 0 Å². The number of halogens is 1. The molecule has 0 aromatic heterocycles. The van der Waals surface area contributed by atoms with Crippen LogP contribution in [0.2, 0.25) is 14.8 Å². The van der Waals surface area contributed by atoms with Gasteiger partial charge in [0.1, 0.15) is 0 Å². The Labute approximate surface area is 79.1 Å². The van der Waals surface area contributed by atoms with E-state index in [0.717, 1.165) is 0 Å². The summed E-state index contributed by atoms with van der Waals surface area (Å²) < 4.78 is 0.629. The van der Waals surface area contributed by atoms with Gasteiger partial charge in [0, 0.05) is 0 Å². The van der Waals surface area contributed by atoms with Gasteiger partial charge in [-0.1, -0.05) is 0 Å². The van der Waals surface area contributed by atoms with Crippen LogP contribution in [-0.2, 0) is 0 Å². The van der Waals surface area contributed by atoms with Crippen LogP contribution in [0.15, 0.2) is 0 Å². The third-order valence-corrected chi connectivity index (χ3v) is 29.1. The van der Waals surface area contributed by atoms with Gasteiger partial charge in [-0.25, -0.2) is 0 Å². The first-order valence-corrected chi connectivity index (χ1v) is 14.5. The van der Waals surface area contributed by atoms with E-state index in [1.807, 2.05) is 0 Å². The van der Waals surface area contributed by atoms with Crippen LogP contribution in [0.5, 0.6) is 0 Å². The van der Waals surface area contributed by atoms with Gasteiger partial charge in [0.15, 0.2) is 0 Å². The molecule has 0 aromatic rings. The molecule has 62 valence electrons. The fourth-order valence-corrected chi connectivity index (χ4v) is 6.81. The van der Waals surface area contributed by atoms with Crippen LogP contribution in [0.3, 0.4) is 0 Å². The molecule has 0 aliphatic heterocycles. The molecule has 0 saturated carbocycles. The van der Waals surface area contributed by atoms with Crippen molar-refractivity contribution in [3.05, 3.63) is 0 Å². The Morgan fingerprint density at radius 3 is 1.40 bits per heavy atom. The molecule has 0 N–H and O–H groups in total. The van der Waals surface area contributed by atoms with Crippen molar-refractivity contribution in [1.82, 2.24) is 0 Å². The van der Waals surface area contributed by atoms with Crippen molar-refractivity contribution in [2.75, 3.05) is 0 Å². The minimum absolute atomic E-state index is 0.629. The van der Waals surface area contributed by atoms with E-state index in [0.29, 0.717) is 4.25 Å². The summed E-state index contributed by atoms with van der Waals surface area (Å²) in [4.78, 5) is 0. The molecule has 0 radical (unpaired) electrons. The van der Waals surface area contributed by atoms with E-state index in [-0.39, 0.29) is 0 Å². The van der Waals surface area contributed by atoms with Crippen LogP contribution in [0.4, 0.5) is 0 Å². The summed E-state index contributed by atoms with van der Waals surface area (Å²) in [6, 6.07) is 0. The van der Waals surface area contributed by atoms with Crippen LogP contribution in [-0.4, -0.2) is 9.96 Å². The third kappa shape index (κ3) is 2.40. The van der Waals surface area contributed by atoms with Gasteiger partial charge in [0.2, 0.25) is 0 Å². The van der Waals surface area contributed by atoms with Crippen LogP contribution < -0.4 is 0 Å². The van der Waals surface area contributed by atoms with Crippen molar-refractivity contribution in [2.24, 2.45) is 0 Å². The molecule has 10 heavy (non-hydrogen) atoms. The molecular formula is C8H19GeI. The second kappa shape index (κ2) is 3.79. The first-order chi connectivity index (χ1) is 4.37. The molecule has 0 unspecified atom stereocenters. The predicted octanol–water partition coefficient (Wildman–Crippen LogP) is 4.21. The molecule has 0 rings (SSSR count). The molecular weight excluding hydrogens is 296 g/mol. The maximum absolute atomic E-state index is 2.80. The van der Waals surface area contributed by atoms with Gasteiger partial charge in [-0.2, -0.15) is 0 Å². The molecule has 0 aliphatic carbocycles. The van der Waals surface area contributed by atoms with E-state index >= 15 is 0 Å². The van der Waals surface area contributed by atoms with Crippen LogP contribution in [0, 0.1) is 0 Å². The average Bonchev–Trinajstić information content (AvgIpc) is 1.84. The Balaban J connectivity index is 4.33. The Morgan fingerprint density at radius 1 is 1.10 bits per heavy atom. The molecule has 0 heterocycles. The minimum atomic E-state index is -1.43.